The molecular weight excluding hydrogens is 260 g/mol. The Balaban J connectivity index is 2.33. The van der Waals surface area contributed by atoms with Crippen LogP contribution in [0.4, 0.5) is 5.82 Å². The van der Waals surface area contributed by atoms with Crippen LogP contribution in [-0.4, -0.2) is 38.1 Å². The maximum absolute atomic E-state index is 11.7. The highest BCUT2D eigenvalue weighted by Crippen LogP contribution is 2.26. The Morgan fingerprint density at radius 3 is 2.65 bits per heavy atom. The summed E-state index contributed by atoms with van der Waals surface area (Å²) in [6.07, 6.45) is 4.56. The van der Waals surface area contributed by atoms with Crippen LogP contribution in [0, 0.1) is 0 Å². The summed E-state index contributed by atoms with van der Waals surface area (Å²) in [6.45, 7) is 1.52. The van der Waals surface area contributed by atoms with Crippen LogP contribution >= 0.6 is 11.6 Å². The highest BCUT2D eigenvalue weighted by atomic mass is 35.5. The van der Waals surface area contributed by atoms with E-state index in [9.17, 15) is 8.42 Å². The van der Waals surface area contributed by atoms with Crippen LogP contribution in [0.5, 0.6) is 0 Å². The van der Waals surface area contributed by atoms with E-state index in [1.165, 1.54) is 6.26 Å². The molecule has 0 aliphatic carbocycles. The Morgan fingerprint density at radius 2 is 2.06 bits per heavy atom. The Bertz CT molecular complexity index is 496. The van der Waals surface area contributed by atoms with Crippen LogP contribution in [-0.2, 0) is 9.84 Å². The van der Waals surface area contributed by atoms with E-state index < -0.39 is 9.84 Å². The van der Waals surface area contributed by atoms with E-state index in [0.717, 1.165) is 25.9 Å². The van der Waals surface area contributed by atoms with Crippen LogP contribution in [0.25, 0.3) is 0 Å². The number of piperidine rings is 1. The Labute approximate surface area is 107 Å². The molecule has 0 N–H and O–H groups in total. The minimum Gasteiger partial charge on any atom is -0.355 e. The molecule has 0 spiro atoms. The van der Waals surface area contributed by atoms with Gasteiger partial charge in [0.1, 0.15) is 10.7 Å². The van der Waals surface area contributed by atoms with Gasteiger partial charge in [-0.2, -0.15) is 0 Å². The molecule has 4 nitrogen and oxygen atoms in total. The lowest BCUT2D eigenvalue weighted by atomic mass is 10.1. The first-order valence-electron chi connectivity index (χ1n) is 5.52. The van der Waals surface area contributed by atoms with Gasteiger partial charge in [-0.3, -0.25) is 0 Å². The molecule has 1 aliphatic heterocycles. The fourth-order valence-corrected chi connectivity index (χ4v) is 3.00. The fourth-order valence-electron chi connectivity index (χ4n) is 1.97. The lowest BCUT2D eigenvalue weighted by molar-refractivity contribution is 0.573. The van der Waals surface area contributed by atoms with Crippen LogP contribution in [0.15, 0.2) is 23.2 Å². The SMILES string of the molecule is CS(=O)(=O)c1cccnc1N1CCC(Cl)CC1. The third-order valence-electron chi connectivity index (χ3n) is 2.87. The average Bonchev–Trinajstić information content (AvgIpc) is 2.29. The molecule has 0 radical (unpaired) electrons. The van der Waals surface area contributed by atoms with Gasteiger partial charge in [0.2, 0.25) is 0 Å². The third-order valence-corrected chi connectivity index (χ3v) is 4.43. The summed E-state index contributed by atoms with van der Waals surface area (Å²) >= 11 is 6.03. The summed E-state index contributed by atoms with van der Waals surface area (Å²) in [6, 6.07) is 3.25. The standard InChI is InChI=1S/C11H15ClN2O2S/c1-17(15,16)10-3-2-6-13-11(10)14-7-4-9(12)5-8-14/h2-3,6,9H,4-5,7-8H2,1H3. The molecule has 1 fully saturated rings. The molecule has 17 heavy (non-hydrogen) atoms. The molecule has 0 bridgehead atoms. The Hall–Kier alpha value is -0.810. The number of pyridine rings is 1. The zero-order valence-electron chi connectivity index (χ0n) is 9.63. The van der Waals surface area contributed by atoms with Crippen LogP contribution in [0.3, 0.4) is 0 Å². The fraction of sp³-hybridized carbons (Fsp3) is 0.545. The minimum atomic E-state index is -3.23. The van der Waals surface area contributed by atoms with Crippen LogP contribution < -0.4 is 4.90 Å². The largest absolute Gasteiger partial charge is 0.355 e. The summed E-state index contributed by atoms with van der Waals surface area (Å²) in [5, 5.41) is 0.191. The number of anilines is 1. The highest BCUT2D eigenvalue weighted by molar-refractivity contribution is 7.90. The van der Waals surface area contributed by atoms with Gasteiger partial charge in [0.05, 0.1) is 0 Å². The highest BCUT2D eigenvalue weighted by Gasteiger charge is 2.23. The lowest BCUT2D eigenvalue weighted by Crippen LogP contribution is -2.35. The van der Waals surface area contributed by atoms with E-state index in [1.807, 2.05) is 4.90 Å². The number of alkyl halides is 1. The van der Waals surface area contributed by atoms with Crippen molar-refractivity contribution in [3.63, 3.8) is 0 Å². The van der Waals surface area contributed by atoms with Gasteiger partial charge in [-0.1, -0.05) is 0 Å². The smallest absolute Gasteiger partial charge is 0.179 e. The second-order valence-electron chi connectivity index (χ2n) is 4.26. The molecule has 0 unspecified atom stereocenters. The van der Waals surface area contributed by atoms with Gasteiger partial charge in [-0.25, -0.2) is 13.4 Å². The number of hydrogen-bond acceptors (Lipinski definition) is 4. The molecule has 2 heterocycles. The number of rotatable bonds is 2. The lowest BCUT2D eigenvalue weighted by Gasteiger charge is -2.31. The van der Waals surface area contributed by atoms with Crippen molar-refractivity contribution >= 4 is 27.3 Å². The molecule has 1 saturated heterocycles. The molecular formula is C11H15ClN2O2S. The normalized spacial score (nSPS) is 18.4. The second kappa shape index (κ2) is 4.82. The van der Waals surface area contributed by atoms with Crippen molar-refractivity contribution in [2.75, 3.05) is 24.2 Å². The van der Waals surface area contributed by atoms with Crippen molar-refractivity contribution in [2.45, 2.75) is 23.1 Å². The van der Waals surface area contributed by atoms with Gasteiger partial charge in [0, 0.05) is 30.9 Å². The quantitative estimate of drug-likeness (QED) is 0.770. The third kappa shape index (κ3) is 2.90. The summed E-state index contributed by atoms with van der Waals surface area (Å²) in [4.78, 5) is 6.49. The van der Waals surface area contributed by atoms with Crippen LogP contribution in [0.2, 0.25) is 0 Å². The van der Waals surface area contributed by atoms with Gasteiger partial charge in [-0.15, -0.1) is 11.6 Å². The Kier molecular flexibility index (Phi) is 3.58. The zero-order valence-corrected chi connectivity index (χ0v) is 11.2. The predicted octanol–water partition coefficient (Wildman–Crippen LogP) is 1.69. The first-order chi connectivity index (χ1) is 7.98. The van der Waals surface area contributed by atoms with Crippen molar-refractivity contribution in [1.82, 2.24) is 4.98 Å². The Morgan fingerprint density at radius 1 is 1.41 bits per heavy atom. The monoisotopic (exact) mass is 274 g/mol. The van der Waals surface area contributed by atoms with Crippen LogP contribution in [0.1, 0.15) is 12.8 Å². The molecule has 0 amide bonds. The number of sulfone groups is 1. The van der Waals surface area contributed by atoms with Gasteiger partial charge in [0.15, 0.2) is 9.84 Å². The van der Waals surface area contributed by atoms with Gasteiger partial charge in [-0.05, 0) is 25.0 Å². The zero-order chi connectivity index (χ0) is 12.5. The summed E-state index contributed by atoms with van der Waals surface area (Å²) in [5.74, 6) is 0.554. The average molecular weight is 275 g/mol. The van der Waals surface area contributed by atoms with Crippen molar-refractivity contribution in [2.24, 2.45) is 0 Å². The van der Waals surface area contributed by atoms with Crippen molar-refractivity contribution < 1.29 is 8.42 Å². The summed E-state index contributed by atoms with van der Waals surface area (Å²) < 4.78 is 23.3. The van der Waals surface area contributed by atoms with Crippen molar-refractivity contribution in [1.29, 1.82) is 0 Å². The van der Waals surface area contributed by atoms with Gasteiger partial charge < -0.3 is 4.90 Å². The summed E-state index contributed by atoms with van der Waals surface area (Å²) in [7, 11) is -3.23. The van der Waals surface area contributed by atoms with E-state index in [1.54, 1.807) is 18.3 Å². The molecule has 0 aromatic carbocycles. The number of hydrogen-bond donors (Lipinski definition) is 0. The molecule has 0 atom stereocenters. The van der Waals surface area contributed by atoms with E-state index in [2.05, 4.69) is 4.98 Å². The molecule has 1 aliphatic rings. The molecule has 6 heteroatoms. The van der Waals surface area contributed by atoms with E-state index in [4.69, 9.17) is 11.6 Å². The summed E-state index contributed by atoms with van der Waals surface area (Å²) in [5.41, 5.74) is 0. The van der Waals surface area contributed by atoms with Gasteiger partial charge in [0.25, 0.3) is 0 Å². The van der Waals surface area contributed by atoms with E-state index in [-0.39, 0.29) is 5.38 Å². The first-order valence-corrected chi connectivity index (χ1v) is 7.85. The topological polar surface area (TPSA) is 50.3 Å². The second-order valence-corrected chi connectivity index (χ2v) is 6.86. The molecule has 94 valence electrons. The molecule has 2 rings (SSSR count). The number of halogens is 1. The molecule has 1 aromatic heterocycles. The van der Waals surface area contributed by atoms with Crippen molar-refractivity contribution in [3.8, 4) is 0 Å². The molecule has 1 aromatic rings. The maximum Gasteiger partial charge on any atom is 0.179 e. The number of nitrogens with zero attached hydrogens (tertiary/aromatic N) is 2. The first kappa shape index (κ1) is 12.6. The van der Waals surface area contributed by atoms with Crippen molar-refractivity contribution in [3.05, 3.63) is 18.3 Å². The van der Waals surface area contributed by atoms with E-state index in [0.29, 0.717) is 10.7 Å². The van der Waals surface area contributed by atoms with Gasteiger partial charge >= 0.3 is 0 Å². The van der Waals surface area contributed by atoms with E-state index >= 15 is 0 Å². The minimum absolute atomic E-state index is 0.191. The predicted molar refractivity (Wildman–Crippen MR) is 68.4 cm³/mol. The molecule has 0 saturated carbocycles. The number of aromatic nitrogens is 1. The maximum atomic E-state index is 11.7.